The zero-order valence-corrected chi connectivity index (χ0v) is 19.5. The summed E-state index contributed by atoms with van der Waals surface area (Å²) in [4.78, 5) is 29.1. The van der Waals surface area contributed by atoms with Crippen LogP contribution in [-0.4, -0.2) is 54.5 Å². The lowest BCUT2D eigenvalue weighted by atomic mass is 9.96. The van der Waals surface area contributed by atoms with Crippen molar-refractivity contribution in [2.45, 2.75) is 25.3 Å². The van der Waals surface area contributed by atoms with Crippen LogP contribution in [0, 0.1) is 0 Å². The van der Waals surface area contributed by atoms with E-state index in [-0.39, 0.29) is 30.8 Å². The Hall–Kier alpha value is -3.44. The minimum atomic E-state index is -0.309. The van der Waals surface area contributed by atoms with Crippen LogP contribution in [0.4, 0.5) is 0 Å². The summed E-state index contributed by atoms with van der Waals surface area (Å²) in [6.45, 7) is 3.26. The molecule has 0 N–H and O–H groups in total. The number of hydrogen-bond donors (Lipinski definition) is 0. The minimum absolute atomic E-state index is 0.0237. The van der Waals surface area contributed by atoms with Crippen LogP contribution in [0.15, 0.2) is 91.0 Å². The van der Waals surface area contributed by atoms with Gasteiger partial charge in [-0.25, -0.2) is 0 Å². The maximum absolute atomic E-state index is 12.7. The van der Waals surface area contributed by atoms with Crippen LogP contribution in [0.1, 0.15) is 35.6 Å². The monoisotopic (exact) mass is 456 g/mol. The molecule has 1 aliphatic rings. The van der Waals surface area contributed by atoms with Gasteiger partial charge in [-0.05, 0) is 16.7 Å². The van der Waals surface area contributed by atoms with Gasteiger partial charge in [-0.15, -0.1) is 0 Å². The van der Waals surface area contributed by atoms with Crippen LogP contribution in [0.3, 0.4) is 0 Å². The van der Waals surface area contributed by atoms with E-state index in [0.29, 0.717) is 26.1 Å². The number of ether oxygens (including phenoxy) is 1. The predicted molar refractivity (Wildman–Crippen MR) is 133 cm³/mol. The Morgan fingerprint density at radius 3 is 1.79 bits per heavy atom. The predicted octanol–water partition coefficient (Wildman–Crippen LogP) is 4.49. The number of hydrogen-bond acceptors (Lipinski definition) is 4. The molecule has 1 aliphatic heterocycles. The van der Waals surface area contributed by atoms with E-state index in [9.17, 15) is 9.59 Å². The second kappa shape index (κ2) is 12.1. The third-order valence-corrected chi connectivity index (χ3v) is 6.30. The second-order valence-corrected chi connectivity index (χ2v) is 8.60. The number of carbonyl (C=O) groups is 2. The van der Waals surface area contributed by atoms with Crippen LogP contribution in [-0.2, 0) is 20.7 Å². The highest BCUT2D eigenvalue weighted by atomic mass is 16.5. The van der Waals surface area contributed by atoms with Crippen molar-refractivity contribution in [3.8, 4) is 0 Å². The van der Waals surface area contributed by atoms with E-state index in [2.05, 4.69) is 53.4 Å². The summed E-state index contributed by atoms with van der Waals surface area (Å²) in [5.41, 5.74) is 3.65. The third-order valence-electron chi connectivity index (χ3n) is 6.30. The second-order valence-electron chi connectivity index (χ2n) is 8.60. The first-order chi connectivity index (χ1) is 16.7. The molecule has 1 amide bonds. The van der Waals surface area contributed by atoms with Gasteiger partial charge < -0.3 is 9.64 Å². The number of nitrogens with zero attached hydrogens (tertiary/aromatic N) is 2. The van der Waals surface area contributed by atoms with Crippen LogP contribution in [0.2, 0.25) is 0 Å². The third kappa shape index (κ3) is 6.55. The quantitative estimate of drug-likeness (QED) is 0.445. The van der Waals surface area contributed by atoms with Crippen molar-refractivity contribution in [2.24, 2.45) is 0 Å². The van der Waals surface area contributed by atoms with Crippen molar-refractivity contribution < 1.29 is 14.3 Å². The van der Waals surface area contributed by atoms with Gasteiger partial charge in [0.25, 0.3) is 0 Å². The average molecular weight is 457 g/mol. The molecule has 3 aromatic rings. The van der Waals surface area contributed by atoms with Crippen molar-refractivity contribution in [1.82, 2.24) is 9.80 Å². The Morgan fingerprint density at radius 1 is 0.706 bits per heavy atom. The topological polar surface area (TPSA) is 49.9 Å². The molecule has 0 radical (unpaired) electrons. The molecule has 0 saturated carbocycles. The van der Waals surface area contributed by atoms with Crippen molar-refractivity contribution in [2.75, 3.05) is 32.8 Å². The molecule has 5 heteroatoms. The maximum Gasteiger partial charge on any atom is 0.306 e. The summed E-state index contributed by atoms with van der Waals surface area (Å²) in [5, 5.41) is 0. The highest BCUT2D eigenvalue weighted by Crippen LogP contribution is 2.29. The number of carbonyl (C=O) groups excluding carboxylic acids is 2. The Labute approximate surface area is 202 Å². The van der Waals surface area contributed by atoms with Crippen molar-refractivity contribution in [3.05, 3.63) is 108 Å². The van der Waals surface area contributed by atoms with Crippen LogP contribution < -0.4 is 0 Å². The average Bonchev–Trinajstić information content (AvgIpc) is 2.90. The fraction of sp³-hybridized carbons (Fsp3) is 0.310. The summed E-state index contributed by atoms with van der Waals surface area (Å²) in [5.74, 6) is -0.285. The summed E-state index contributed by atoms with van der Waals surface area (Å²) in [6.07, 6.45) is 1.02. The van der Waals surface area contributed by atoms with E-state index < -0.39 is 0 Å². The van der Waals surface area contributed by atoms with Gasteiger partial charge in [0.2, 0.25) is 5.91 Å². The largest absolute Gasteiger partial charge is 0.465 e. The van der Waals surface area contributed by atoms with Crippen LogP contribution in [0.25, 0.3) is 0 Å². The molecule has 34 heavy (non-hydrogen) atoms. The first-order valence-electron chi connectivity index (χ1n) is 12.0. The molecular formula is C29H32N2O3. The lowest BCUT2D eigenvalue weighted by Gasteiger charge is -2.39. The number of esters is 1. The van der Waals surface area contributed by atoms with E-state index in [4.69, 9.17) is 4.74 Å². The fourth-order valence-corrected chi connectivity index (χ4v) is 4.48. The molecule has 0 atom stereocenters. The Kier molecular flexibility index (Phi) is 8.47. The zero-order chi connectivity index (χ0) is 23.6. The lowest BCUT2D eigenvalue weighted by molar-refractivity contribution is -0.146. The summed E-state index contributed by atoms with van der Waals surface area (Å²) in [6, 6.07) is 31.1. The zero-order valence-electron chi connectivity index (χ0n) is 19.5. The molecule has 0 aliphatic carbocycles. The Morgan fingerprint density at radius 2 is 1.24 bits per heavy atom. The van der Waals surface area contributed by atoms with E-state index in [1.54, 1.807) is 0 Å². The van der Waals surface area contributed by atoms with E-state index in [1.807, 2.05) is 47.4 Å². The molecule has 0 spiro atoms. The summed E-state index contributed by atoms with van der Waals surface area (Å²) in [7, 11) is 0. The molecule has 0 bridgehead atoms. The van der Waals surface area contributed by atoms with Crippen molar-refractivity contribution in [3.63, 3.8) is 0 Å². The highest BCUT2D eigenvalue weighted by Gasteiger charge is 2.28. The fourth-order valence-electron chi connectivity index (χ4n) is 4.48. The standard InChI is InChI=1S/C29H32N2O3/c32-27(16-17-28(33)34-23-18-24-10-4-1-5-11-24)30-19-21-31(22-20-30)29(25-12-6-2-7-13-25)26-14-8-3-9-15-26/h1-15,29H,16-23H2. The number of piperazine rings is 1. The Bertz CT molecular complexity index is 993. The van der Waals surface area contributed by atoms with E-state index in [1.165, 1.54) is 11.1 Å². The Balaban J connectivity index is 1.24. The van der Waals surface area contributed by atoms with Gasteiger partial charge in [0.15, 0.2) is 0 Å². The highest BCUT2D eigenvalue weighted by molar-refractivity contribution is 5.81. The van der Waals surface area contributed by atoms with E-state index >= 15 is 0 Å². The molecular weight excluding hydrogens is 424 g/mol. The van der Waals surface area contributed by atoms with Gasteiger partial charge in [0.05, 0.1) is 19.1 Å². The van der Waals surface area contributed by atoms with E-state index in [0.717, 1.165) is 18.7 Å². The molecule has 4 rings (SSSR count). The molecule has 1 saturated heterocycles. The molecule has 5 nitrogen and oxygen atoms in total. The molecule has 0 unspecified atom stereocenters. The molecule has 3 aromatic carbocycles. The number of benzene rings is 3. The maximum atomic E-state index is 12.7. The van der Waals surface area contributed by atoms with Gasteiger partial charge in [-0.1, -0.05) is 91.0 Å². The number of amides is 1. The lowest BCUT2D eigenvalue weighted by Crippen LogP contribution is -2.49. The van der Waals surface area contributed by atoms with Gasteiger partial charge in [-0.3, -0.25) is 14.5 Å². The van der Waals surface area contributed by atoms with Crippen LogP contribution in [0.5, 0.6) is 0 Å². The van der Waals surface area contributed by atoms with Crippen molar-refractivity contribution >= 4 is 11.9 Å². The van der Waals surface area contributed by atoms with Crippen LogP contribution >= 0.6 is 0 Å². The smallest absolute Gasteiger partial charge is 0.306 e. The summed E-state index contributed by atoms with van der Waals surface area (Å²) < 4.78 is 5.31. The normalized spacial score (nSPS) is 14.2. The van der Waals surface area contributed by atoms with Crippen molar-refractivity contribution in [1.29, 1.82) is 0 Å². The van der Waals surface area contributed by atoms with Gasteiger partial charge in [0.1, 0.15) is 0 Å². The van der Waals surface area contributed by atoms with Gasteiger partial charge >= 0.3 is 5.97 Å². The first-order valence-corrected chi connectivity index (χ1v) is 12.0. The van der Waals surface area contributed by atoms with Gasteiger partial charge in [-0.2, -0.15) is 0 Å². The summed E-state index contributed by atoms with van der Waals surface area (Å²) >= 11 is 0. The molecule has 176 valence electrons. The SMILES string of the molecule is O=C(CCC(=O)N1CCN(C(c2ccccc2)c2ccccc2)CC1)OCCc1ccccc1. The molecule has 0 aromatic heterocycles. The minimum Gasteiger partial charge on any atom is -0.465 e. The first kappa shape index (κ1) is 23.7. The molecule has 1 fully saturated rings. The van der Waals surface area contributed by atoms with Gasteiger partial charge in [0, 0.05) is 39.0 Å². The molecule has 1 heterocycles. The number of rotatable bonds is 9.